The summed E-state index contributed by atoms with van der Waals surface area (Å²) in [4.78, 5) is 0. The average molecular weight is 238 g/mol. The van der Waals surface area contributed by atoms with Gasteiger partial charge in [-0.05, 0) is 49.8 Å². The van der Waals surface area contributed by atoms with Gasteiger partial charge in [0.15, 0.2) is 0 Å². The molecule has 90 valence electrons. The van der Waals surface area contributed by atoms with Crippen LogP contribution in [-0.4, -0.2) is 15.5 Å². The van der Waals surface area contributed by atoms with Gasteiger partial charge in [0, 0.05) is 12.2 Å². The quantitative estimate of drug-likeness (QED) is 0.798. The molecular formula is C13H22N2S. The molecule has 2 nitrogen and oxygen atoms in total. The summed E-state index contributed by atoms with van der Waals surface area (Å²) in [5.74, 6) is 0.993. The Balaban J connectivity index is 2.21. The molecular weight excluding hydrogens is 216 g/mol. The molecule has 0 spiro atoms. The van der Waals surface area contributed by atoms with E-state index in [1.807, 2.05) is 0 Å². The van der Waals surface area contributed by atoms with Crippen LogP contribution in [0.4, 0.5) is 0 Å². The van der Waals surface area contributed by atoms with Crippen LogP contribution < -0.4 is 0 Å². The summed E-state index contributed by atoms with van der Waals surface area (Å²) in [6, 6.07) is 0. The molecule has 0 saturated heterocycles. The smallest absolute Gasteiger partial charge is 0.0628 e. The summed E-state index contributed by atoms with van der Waals surface area (Å²) in [7, 11) is 0. The second-order valence-electron chi connectivity index (χ2n) is 5.17. The monoisotopic (exact) mass is 238 g/mol. The summed E-state index contributed by atoms with van der Waals surface area (Å²) in [5.41, 5.74) is 4.41. The molecule has 0 bridgehead atoms. The Labute approximate surface area is 104 Å². The number of hydrogen-bond acceptors (Lipinski definition) is 2. The van der Waals surface area contributed by atoms with E-state index in [0.717, 1.165) is 18.7 Å². The first kappa shape index (κ1) is 12.0. The zero-order chi connectivity index (χ0) is 11.8. The van der Waals surface area contributed by atoms with Crippen molar-refractivity contribution in [2.75, 3.05) is 5.75 Å². The van der Waals surface area contributed by atoms with Crippen LogP contribution in [0.25, 0.3) is 0 Å². The van der Waals surface area contributed by atoms with Gasteiger partial charge in [0.05, 0.1) is 5.69 Å². The standard InChI is InChI=1S/C13H22N2S/c1-4-12-10(2)14-15(11(12)3)8-13(9-16)6-5-7-13/h16H,4-9H2,1-3H3. The molecule has 16 heavy (non-hydrogen) atoms. The number of aryl methyl sites for hydroxylation is 1. The second kappa shape index (κ2) is 4.44. The Kier molecular flexibility index (Phi) is 3.34. The van der Waals surface area contributed by atoms with Crippen molar-refractivity contribution in [1.82, 2.24) is 9.78 Å². The number of aromatic nitrogens is 2. The maximum atomic E-state index is 4.68. The first-order chi connectivity index (χ1) is 7.62. The van der Waals surface area contributed by atoms with Crippen LogP contribution in [0, 0.1) is 19.3 Å². The molecule has 0 N–H and O–H groups in total. The summed E-state index contributed by atoms with van der Waals surface area (Å²) in [6.07, 6.45) is 5.08. The molecule has 2 rings (SSSR count). The molecule has 0 radical (unpaired) electrons. The van der Waals surface area contributed by atoms with Crippen molar-refractivity contribution in [3.8, 4) is 0 Å². The predicted molar refractivity (Wildman–Crippen MR) is 71.2 cm³/mol. The lowest BCUT2D eigenvalue weighted by Crippen LogP contribution is -2.36. The minimum absolute atomic E-state index is 0.428. The van der Waals surface area contributed by atoms with E-state index < -0.39 is 0 Å². The SMILES string of the molecule is CCc1c(C)nn(CC2(CS)CCC2)c1C. The van der Waals surface area contributed by atoms with E-state index in [1.54, 1.807) is 0 Å². The van der Waals surface area contributed by atoms with Gasteiger partial charge in [-0.15, -0.1) is 0 Å². The molecule has 1 aliphatic rings. The molecule has 0 amide bonds. The van der Waals surface area contributed by atoms with Crippen molar-refractivity contribution in [3.63, 3.8) is 0 Å². The van der Waals surface area contributed by atoms with Gasteiger partial charge in [0.2, 0.25) is 0 Å². The molecule has 1 aromatic rings. The van der Waals surface area contributed by atoms with Crippen molar-refractivity contribution < 1.29 is 0 Å². The van der Waals surface area contributed by atoms with E-state index in [2.05, 4.69) is 43.2 Å². The summed E-state index contributed by atoms with van der Waals surface area (Å²) in [6.45, 7) is 7.59. The molecule has 0 aliphatic heterocycles. The topological polar surface area (TPSA) is 17.8 Å². The number of nitrogens with zero attached hydrogens (tertiary/aromatic N) is 2. The third-order valence-corrected chi connectivity index (χ3v) is 4.79. The molecule has 0 unspecified atom stereocenters. The summed E-state index contributed by atoms with van der Waals surface area (Å²) in [5, 5.41) is 4.68. The van der Waals surface area contributed by atoms with Gasteiger partial charge in [-0.3, -0.25) is 4.68 Å². The van der Waals surface area contributed by atoms with Crippen LogP contribution in [0.15, 0.2) is 0 Å². The average Bonchev–Trinajstić information content (AvgIpc) is 2.47. The van der Waals surface area contributed by atoms with Crippen LogP contribution in [0.3, 0.4) is 0 Å². The van der Waals surface area contributed by atoms with Gasteiger partial charge in [-0.2, -0.15) is 17.7 Å². The second-order valence-corrected chi connectivity index (χ2v) is 5.49. The van der Waals surface area contributed by atoms with Crippen LogP contribution in [0.2, 0.25) is 0 Å². The van der Waals surface area contributed by atoms with Crippen molar-refractivity contribution in [2.24, 2.45) is 5.41 Å². The first-order valence-corrected chi connectivity index (χ1v) is 6.89. The van der Waals surface area contributed by atoms with Gasteiger partial charge in [0.1, 0.15) is 0 Å². The number of rotatable bonds is 4. The molecule has 1 aromatic heterocycles. The maximum absolute atomic E-state index is 4.68. The van der Waals surface area contributed by atoms with Crippen LogP contribution in [-0.2, 0) is 13.0 Å². The van der Waals surface area contributed by atoms with E-state index in [-0.39, 0.29) is 0 Å². The highest BCUT2D eigenvalue weighted by Gasteiger charge is 2.36. The van der Waals surface area contributed by atoms with Gasteiger partial charge in [-0.25, -0.2) is 0 Å². The van der Waals surface area contributed by atoms with Crippen molar-refractivity contribution in [1.29, 1.82) is 0 Å². The van der Waals surface area contributed by atoms with E-state index in [4.69, 9.17) is 0 Å². The third kappa shape index (κ3) is 1.90. The van der Waals surface area contributed by atoms with Crippen LogP contribution >= 0.6 is 12.6 Å². The van der Waals surface area contributed by atoms with Crippen LogP contribution in [0.1, 0.15) is 43.1 Å². The highest BCUT2D eigenvalue weighted by atomic mass is 32.1. The highest BCUT2D eigenvalue weighted by molar-refractivity contribution is 7.80. The van der Waals surface area contributed by atoms with E-state index in [9.17, 15) is 0 Å². The van der Waals surface area contributed by atoms with Crippen molar-refractivity contribution in [3.05, 3.63) is 17.0 Å². The lowest BCUT2D eigenvalue weighted by atomic mass is 9.70. The van der Waals surface area contributed by atoms with E-state index >= 15 is 0 Å². The fraction of sp³-hybridized carbons (Fsp3) is 0.769. The summed E-state index contributed by atoms with van der Waals surface area (Å²) < 4.78 is 2.21. The van der Waals surface area contributed by atoms with Gasteiger partial charge in [-0.1, -0.05) is 13.3 Å². The van der Waals surface area contributed by atoms with Gasteiger partial charge >= 0.3 is 0 Å². The highest BCUT2D eigenvalue weighted by Crippen LogP contribution is 2.43. The molecule has 0 aromatic carbocycles. The van der Waals surface area contributed by atoms with Crippen molar-refractivity contribution in [2.45, 2.75) is 53.0 Å². The molecule has 1 heterocycles. The normalized spacial score (nSPS) is 18.5. The maximum Gasteiger partial charge on any atom is 0.0628 e. The molecule has 1 fully saturated rings. The molecule has 1 aliphatic carbocycles. The Hall–Kier alpha value is -0.440. The Morgan fingerprint density at radius 1 is 1.38 bits per heavy atom. The van der Waals surface area contributed by atoms with E-state index in [0.29, 0.717) is 5.41 Å². The van der Waals surface area contributed by atoms with Gasteiger partial charge in [0.25, 0.3) is 0 Å². The Morgan fingerprint density at radius 3 is 2.44 bits per heavy atom. The largest absolute Gasteiger partial charge is 0.269 e. The minimum atomic E-state index is 0.428. The van der Waals surface area contributed by atoms with Crippen molar-refractivity contribution >= 4 is 12.6 Å². The van der Waals surface area contributed by atoms with Crippen LogP contribution in [0.5, 0.6) is 0 Å². The Bertz CT molecular complexity index is 372. The lowest BCUT2D eigenvalue weighted by molar-refractivity contribution is 0.131. The van der Waals surface area contributed by atoms with Gasteiger partial charge < -0.3 is 0 Å². The molecule has 0 atom stereocenters. The van der Waals surface area contributed by atoms with E-state index in [1.165, 1.54) is 36.2 Å². The first-order valence-electron chi connectivity index (χ1n) is 6.25. The zero-order valence-corrected chi connectivity index (χ0v) is 11.5. The number of hydrogen-bond donors (Lipinski definition) is 1. The fourth-order valence-electron chi connectivity index (χ4n) is 2.76. The Morgan fingerprint density at radius 2 is 2.06 bits per heavy atom. The fourth-order valence-corrected chi connectivity index (χ4v) is 3.18. The lowest BCUT2D eigenvalue weighted by Gasteiger charge is -2.40. The predicted octanol–water partition coefficient (Wildman–Crippen LogP) is 3.16. The number of thiol groups is 1. The third-order valence-electron chi connectivity index (χ3n) is 4.12. The molecule has 3 heteroatoms. The minimum Gasteiger partial charge on any atom is -0.269 e. The molecule has 1 saturated carbocycles. The summed E-state index contributed by atoms with van der Waals surface area (Å²) >= 11 is 4.51. The zero-order valence-electron chi connectivity index (χ0n) is 10.6.